The van der Waals surface area contributed by atoms with Crippen LogP contribution in [0, 0.1) is 0 Å². The van der Waals surface area contributed by atoms with Crippen molar-refractivity contribution in [1.82, 2.24) is 15.0 Å². The minimum absolute atomic E-state index is 0.599. The van der Waals surface area contributed by atoms with Gasteiger partial charge in [-0.05, 0) is 74.3 Å². The Labute approximate surface area is 282 Å². The lowest BCUT2D eigenvalue weighted by atomic mass is 9.97. The summed E-state index contributed by atoms with van der Waals surface area (Å²) in [6.07, 6.45) is 0. The van der Waals surface area contributed by atoms with Crippen LogP contribution in [0.15, 0.2) is 168 Å². The second-order valence-corrected chi connectivity index (χ2v) is 12.5. The first-order valence-electron chi connectivity index (χ1n) is 16.4. The largest absolute Gasteiger partial charge is 0.455 e. The van der Waals surface area contributed by atoms with Gasteiger partial charge in [-0.3, -0.25) is 0 Å². The van der Waals surface area contributed by atoms with Gasteiger partial charge in [-0.1, -0.05) is 127 Å². The van der Waals surface area contributed by atoms with E-state index in [1.165, 1.54) is 10.8 Å². The number of hydrogen-bond donors (Lipinski definition) is 0. The molecule has 0 aliphatic carbocycles. The molecule has 2 aromatic heterocycles. The first-order chi connectivity index (χ1) is 24.2. The first-order valence-corrected chi connectivity index (χ1v) is 16.4. The molecule has 0 aliphatic rings. The average molecular weight is 626 g/mol. The third kappa shape index (κ3) is 4.65. The fourth-order valence-corrected chi connectivity index (χ4v) is 7.01. The van der Waals surface area contributed by atoms with E-state index in [4.69, 9.17) is 19.4 Å². The predicted octanol–water partition coefficient (Wildman–Crippen LogP) is 11.9. The minimum atomic E-state index is 0.599. The molecule has 49 heavy (non-hydrogen) atoms. The maximum absolute atomic E-state index is 6.76. The van der Waals surface area contributed by atoms with Crippen LogP contribution in [-0.2, 0) is 0 Å². The second kappa shape index (κ2) is 11.0. The number of rotatable bonds is 4. The lowest BCUT2D eigenvalue weighted by molar-refractivity contribution is 0.670. The molecule has 4 heteroatoms. The molecule has 0 spiro atoms. The van der Waals surface area contributed by atoms with Crippen molar-refractivity contribution in [3.8, 4) is 45.3 Å². The smallest absolute Gasteiger partial charge is 0.164 e. The van der Waals surface area contributed by atoms with Crippen molar-refractivity contribution in [2.24, 2.45) is 0 Å². The van der Waals surface area contributed by atoms with Gasteiger partial charge in [-0.15, -0.1) is 0 Å². The number of furan rings is 1. The summed E-state index contributed by atoms with van der Waals surface area (Å²) >= 11 is 0. The van der Waals surface area contributed by atoms with Gasteiger partial charge in [-0.25, -0.2) is 15.0 Å². The van der Waals surface area contributed by atoms with Crippen LogP contribution in [0.2, 0.25) is 0 Å². The zero-order valence-electron chi connectivity index (χ0n) is 26.3. The molecule has 0 aliphatic heterocycles. The fraction of sp³-hybridized carbons (Fsp3) is 0. The van der Waals surface area contributed by atoms with E-state index >= 15 is 0 Å². The Kier molecular flexibility index (Phi) is 6.15. The first kappa shape index (κ1) is 27.5. The molecule has 4 nitrogen and oxygen atoms in total. The summed E-state index contributed by atoms with van der Waals surface area (Å²) in [5.41, 5.74) is 6.53. The van der Waals surface area contributed by atoms with Crippen molar-refractivity contribution >= 4 is 54.3 Å². The molecule has 0 fully saturated rings. The Balaban J connectivity index is 1.27. The lowest BCUT2D eigenvalue weighted by Gasteiger charge is -2.11. The summed E-state index contributed by atoms with van der Waals surface area (Å²) in [6, 6.07) is 56.9. The third-order valence-corrected chi connectivity index (χ3v) is 9.46. The van der Waals surface area contributed by atoms with Gasteiger partial charge in [-0.2, -0.15) is 0 Å². The van der Waals surface area contributed by atoms with E-state index in [1.807, 2.05) is 6.07 Å². The highest BCUT2D eigenvalue weighted by Crippen LogP contribution is 2.42. The zero-order valence-corrected chi connectivity index (χ0v) is 26.3. The Morgan fingerprint density at radius 2 is 0.837 bits per heavy atom. The van der Waals surface area contributed by atoms with Crippen molar-refractivity contribution in [3.05, 3.63) is 164 Å². The van der Waals surface area contributed by atoms with Crippen LogP contribution in [0.1, 0.15) is 0 Å². The number of hydrogen-bond acceptors (Lipinski definition) is 4. The van der Waals surface area contributed by atoms with E-state index in [-0.39, 0.29) is 0 Å². The van der Waals surface area contributed by atoms with Crippen LogP contribution in [0.3, 0.4) is 0 Å². The van der Waals surface area contributed by atoms with Gasteiger partial charge in [0.25, 0.3) is 0 Å². The number of fused-ring (bicyclic) bond motifs is 6. The molecule has 0 bridgehead atoms. The quantitative estimate of drug-likeness (QED) is 0.195. The van der Waals surface area contributed by atoms with Crippen molar-refractivity contribution in [3.63, 3.8) is 0 Å². The highest BCUT2D eigenvalue weighted by molar-refractivity contribution is 6.18. The Bertz CT molecular complexity index is 2790. The van der Waals surface area contributed by atoms with Gasteiger partial charge in [0.15, 0.2) is 17.5 Å². The Hall–Kier alpha value is -6.65. The molecule has 0 saturated heterocycles. The van der Waals surface area contributed by atoms with Crippen molar-refractivity contribution in [2.75, 3.05) is 0 Å². The monoisotopic (exact) mass is 625 g/mol. The standard InChI is InChI=1S/C45H27N3O/c1-2-12-30(13-3-1)37-22-23-38(41-39-26-33-16-8-9-17-34(33)27-40(39)49-42(37)41)45-47-43(35-20-18-28-10-4-6-14-31(28)24-35)46-44(48-45)36-21-19-29-11-5-7-15-32(29)25-36/h1-27H. The van der Waals surface area contributed by atoms with Crippen LogP contribution >= 0.6 is 0 Å². The second-order valence-electron chi connectivity index (χ2n) is 12.5. The molecule has 0 atom stereocenters. The topological polar surface area (TPSA) is 51.8 Å². The molecule has 0 N–H and O–H groups in total. The Morgan fingerprint density at radius 3 is 1.45 bits per heavy atom. The van der Waals surface area contributed by atoms with Crippen molar-refractivity contribution < 1.29 is 4.42 Å². The highest BCUT2D eigenvalue weighted by Gasteiger charge is 2.21. The Morgan fingerprint density at radius 1 is 0.347 bits per heavy atom. The predicted molar refractivity (Wildman–Crippen MR) is 201 cm³/mol. The summed E-state index contributed by atoms with van der Waals surface area (Å²) < 4.78 is 6.76. The maximum Gasteiger partial charge on any atom is 0.164 e. The molecule has 10 aromatic rings. The third-order valence-electron chi connectivity index (χ3n) is 9.46. The van der Waals surface area contributed by atoms with E-state index in [1.54, 1.807) is 0 Å². The van der Waals surface area contributed by atoms with Gasteiger partial charge >= 0.3 is 0 Å². The van der Waals surface area contributed by atoms with E-state index in [0.29, 0.717) is 17.5 Å². The molecule has 0 unspecified atom stereocenters. The number of aromatic nitrogens is 3. The summed E-state index contributed by atoms with van der Waals surface area (Å²) in [4.78, 5) is 15.5. The van der Waals surface area contributed by atoms with Gasteiger partial charge in [0.1, 0.15) is 11.2 Å². The molecular formula is C45H27N3O. The average Bonchev–Trinajstić information content (AvgIpc) is 3.54. The molecule has 228 valence electrons. The van der Waals surface area contributed by atoms with Gasteiger partial charge < -0.3 is 4.42 Å². The zero-order chi connectivity index (χ0) is 32.3. The van der Waals surface area contributed by atoms with E-state index < -0.39 is 0 Å². The van der Waals surface area contributed by atoms with Gasteiger partial charge in [0.05, 0.1) is 0 Å². The van der Waals surface area contributed by atoms with Crippen LogP contribution < -0.4 is 0 Å². The molecule has 10 rings (SSSR count). The van der Waals surface area contributed by atoms with E-state index in [0.717, 1.165) is 71.3 Å². The van der Waals surface area contributed by atoms with Crippen LogP contribution in [0.4, 0.5) is 0 Å². The van der Waals surface area contributed by atoms with Crippen LogP contribution in [-0.4, -0.2) is 15.0 Å². The summed E-state index contributed by atoms with van der Waals surface area (Å²) in [6.45, 7) is 0. The van der Waals surface area contributed by atoms with Crippen molar-refractivity contribution in [2.45, 2.75) is 0 Å². The molecule has 8 aromatic carbocycles. The van der Waals surface area contributed by atoms with Gasteiger partial charge in [0.2, 0.25) is 0 Å². The van der Waals surface area contributed by atoms with Crippen molar-refractivity contribution in [1.29, 1.82) is 0 Å². The minimum Gasteiger partial charge on any atom is -0.455 e. The summed E-state index contributed by atoms with van der Waals surface area (Å²) in [5.74, 6) is 1.84. The molecular weight excluding hydrogens is 599 g/mol. The van der Waals surface area contributed by atoms with Crippen LogP contribution in [0.5, 0.6) is 0 Å². The summed E-state index contributed by atoms with van der Waals surface area (Å²) in [5, 5.41) is 8.92. The fourth-order valence-electron chi connectivity index (χ4n) is 7.01. The lowest BCUT2D eigenvalue weighted by Crippen LogP contribution is -2.00. The normalized spacial score (nSPS) is 11.7. The summed E-state index contributed by atoms with van der Waals surface area (Å²) in [7, 11) is 0. The van der Waals surface area contributed by atoms with Crippen LogP contribution in [0.25, 0.3) is 99.5 Å². The van der Waals surface area contributed by atoms with E-state index in [9.17, 15) is 0 Å². The molecule has 0 radical (unpaired) electrons. The highest BCUT2D eigenvalue weighted by atomic mass is 16.3. The molecule has 2 heterocycles. The SMILES string of the molecule is c1ccc(-c2ccc(-c3nc(-c4ccc5ccccc5c4)nc(-c4ccc5ccccc5c4)n3)c3c2oc2cc4ccccc4cc23)cc1. The van der Waals surface area contributed by atoms with E-state index in [2.05, 4.69) is 158 Å². The molecule has 0 amide bonds. The van der Waals surface area contributed by atoms with Gasteiger partial charge in [0, 0.05) is 33.0 Å². The molecule has 0 saturated carbocycles. The number of nitrogens with zero attached hydrogens (tertiary/aromatic N) is 3. The number of benzene rings is 8. The maximum atomic E-state index is 6.76.